The van der Waals surface area contributed by atoms with Crippen LogP contribution in [0.2, 0.25) is 0 Å². The lowest BCUT2D eigenvalue weighted by molar-refractivity contribution is 0.0947. The summed E-state index contributed by atoms with van der Waals surface area (Å²) in [5.41, 5.74) is 0.411. The van der Waals surface area contributed by atoms with Crippen molar-refractivity contribution in [3.05, 3.63) is 22.7 Å². The molecule has 1 amide bonds. The zero-order valence-corrected chi connectivity index (χ0v) is 8.86. The molecule has 0 aliphatic rings. The van der Waals surface area contributed by atoms with E-state index < -0.39 is 0 Å². The van der Waals surface area contributed by atoms with E-state index in [0.717, 1.165) is 12.8 Å². The lowest BCUT2D eigenvalue weighted by Crippen LogP contribution is -2.25. The summed E-state index contributed by atoms with van der Waals surface area (Å²) in [6, 6.07) is 0. The van der Waals surface area contributed by atoms with Crippen LogP contribution in [0.15, 0.2) is 12.4 Å². The first kappa shape index (κ1) is 10.8. The molecule has 0 aliphatic heterocycles. The minimum atomic E-state index is -0.155. The van der Waals surface area contributed by atoms with Crippen molar-refractivity contribution in [3.8, 4) is 0 Å². The molecule has 0 unspecified atom stereocenters. The maximum Gasteiger partial charge on any atom is 0.269 e. The second-order valence-electron chi connectivity index (χ2n) is 2.92. The normalized spacial score (nSPS) is 9.79. The van der Waals surface area contributed by atoms with Gasteiger partial charge in [0.25, 0.3) is 5.91 Å². The molecule has 1 aromatic heterocycles. The molecular weight excluding hydrogens is 198 g/mol. The molecule has 1 rings (SSSR count). The Morgan fingerprint density at radius 3 is 3.07 bits per heavy atom. The van der Waals surface area contributed by atoms with Gasteiger partial charge in [-0.1, -0.05) is 25.6 Å². The highest BCUT2D eigenvalue weighted by molar-refractivity contribution is 7.71. The van der Waals surface area contributed by atoms with Gasteiger partial charge >= 0.3 is 0 Å². The van der Waals surface area contributed by atoms with Crippen LogP contribution in [0.4, 0.5) is 0 Å². The molecule has 1 aromatic rings. The number of carbonyl (C=O) groups is 1. The van der Waals surface area contributed by atoms with Gasteiger partial charge in [-0.2, -0.15) is 0 Å². The van der Waals surface area contributed by atoms with E-state index in [0.29, 0.717) is 16.9 Å². The second-order valence-corrected chi connectivity index (χ2v) is 3.36. The van der Waals surface area contributed by atoms with Crippen molar-refractivity contribution in [2.75, 3.05) is 6.54 Å². The molecule has 0 aliphatic carbocycles. The standard InChI is InChI=1S/C9H13N3OS/c1-2-3-4-11-9(13)7-5-10-6-8(14)12-7/h5-6H,2-4H2,1H3,(H,11,13)(H,12,14). The first-order valence-corrected chi connectivity index (χ1v) is 4.97. The number of H-pyrrole nitrogens is 1. The van der Waals surface area contributed by atoms with E-state index >= 15 is 0 Å². The highest BCUT2D eigenvalue weighted by Crippen LogP contribution is 1.92. The molecule has 76 valence electrons. The van der Waals surface area contributed by atoms with Crippen LogP contribution in [0.5, 0.6) is 0 Å². The van der Waals surface area contributed by atoms with Gasteiger partial charge in [0.15, 0.2) is 0 Å². The fourth-order valence-corrected chi connectivity index (χ4v) is 1.14. The number of rotatable bonds is 4. The Bertz CT molecular complexity index is 361. The van der Waals surface area contributed by atoms with Gasteiger partial charge in [-0.25, -0.2) is 0 Å². The quantitative estimate of drug-likeness (QED) is 0.588. The highest BCUT2D eigenvalue weighted by Gasteiger charge is 2.03. The average molecular weight is 211 g/mol. The minimum Gasteiger partial charge on any atom is -0.351 e. The van der Waals surface area contributed by atoms with Gasteiger partial charge in [0.1, 0.15) is 10.3 Å². The molecule has 0 radical (unpaired) electrons. The maximum absolute atomic E-state index is 11.4. The van der Waals surface area contributed by atoms with E-state index in [2.05, 4.69) is 22.2 Å². The third-order valence-corrected chi connectivity index (χ3v) is 1.92. The molecule has 1 heterocycles. The highest BCUT2D eigenvalue weighted by atomic mass is 32.1. The van der Waals surface area contributed by atoms with E-state index in [-0.39, 0.29) is 5.91 Å². The number of nitrogens with zero attached hydrogens (tertiary/aromatic N) is 1. The van der Waals surface area contributed by atoms with Gasteiger partial charge in [-0.15, -0.1) is 0 Å². The van der Waals surface area contributed by atoms with E-state index in [9.17, 15) is 4.79 Å². The molecule has 0 spiro atoms. The Kier molecular flexibility index (Phi) is 4.25. The summed E-state index contributed by atoms with van der Waals surface area (Å²) in [5.74, 6) is -0.155. The Morgan fingerprint density at radius 1 is 1.64 bits per heavy atom. The number of amides is 1. The van der Waals surface area contributed by atoms with Crippen molar-refractivity contribution < 1.29 is 4.79 Å². The van der Waals surface area contributed by atoms with Gasteiger partial charge < -0.3 is 10.3 Å². The number of unbranched alkanes of at least 4 members (excludes halogenated alkanes) is 1. The molecule has 0 bridgehead atoms. The van der Waals surface area contributed by atoms with Crippen LogP contribution in [0.25, 0.3) is 0 Å². The number of carbonyl (C=O) groups excluding carboxylic acids is 1. The first-order valence-electron chi connectivity index (χ1n) is 4.56. The zero-order chi connectivity index (χ0) is 10.4. The SMILES string of the molecule is CCCCNC(=O)c1cncc(=S)[nH]1. The lowest BCUT2D eigenvalue weighted by Gasteiger charge is -2.02. The number of aromatic amines is 1. The van der Waals surface area contributed by atoms with Crippen LogP contribution < -0.4 is 5.32 Å². The van der Waals surface area contributed by atoms with E-state index in [1.54, 1.807) is 0 Å². The van der Waals surface area contributed by atoms with Gasteiger partial charge in [0.2, 0.25) is 0 Å². The molecular formula is C9H13N3OS. The number of hydrogen-bond donors (Lipinski definition) is 2. The van der Waals surface area contributed by atoms with Crippen LogP contribution in [0.3, 0.4) is 0 Å². The van der Waals surface area contributed by atoms with Crippen molar-refractivity contribution in [3.63, 3.8) is 0 Å². The monoisotopic (exact) mass is 211 g/mol. The lowest BCUT2D eigenvalue weighted by atomic mass is 10.3. The van der Waals surface area contributed by atoms with Crippen molar-refractivity contribution >= 4 is 18.1 Å². The number of hydrogen-bond acceptors (Lipinski definition) is 3. The smallest absolute Gasteiger partial charge is 0.269 e. The van der Waals surface area contributed by atoms with E-state index in [1.165, 1.54) is 12.4 Å². The molecule has 14 heavy (non-hydrogen) atoms. The molecule has 5 heteroatoms. The Labute approximate surface area is 87.8 Å². The summed E-state index contributed by atoms with van der Waals surface area (Å²) in [5, 5.41) is 2.77. The van der Waals surface area contributed by atoms with E-state index in [4.69, 9.17) is 12.2 Å². The topological polar surface area (TPSA) is 57.8 Å². The largest absolute Gasteiger partial charge is 0.351 e. The fourth-order valence-electron chi connectivity index (χ4n) is 0.966. The molecule has 0 fully saturated rings. The third kappa shape index (κ3) is 3.26. The van der Waals surface area contributed by atoms with Crippen molar-refractivity contribution in [1.82, 2.24) is 15.3 Å². The van der Waals surface area contributed by atoms with E-state index in [1.807, 2.05) is 0 Å². The number of nitrogens with one attached hydrogen (secondary N) is 2. The molecule has 2 N–H and O–H groups in total. The summed E-state index contributed by atoms with van der Waals surface area (Å²) >= 11 is 4.86. The Morgan fingerprint density at radius 2 is 2.43 bits per heavy atom. The van der Waals surface area contributed by atoms with Crippen LogP contribution in [0, 0.1) is 4.64 Å². The Balaban J connectivity index is 2.56. The molecule has 0 atom stereocenters. The predicted molar refractivity (Wildman–Crippen MR) is 56.7 cm³/mol. The zero-order valence-electron chi connectivity index (χ0n) is 8.04. The summed E-state index contributed by atoms with van der Waals surface area (Å²) in [7, 11) is 0. The predicted octanol–water partition coefficient (Wildman–Crippen LogP) is 1.67. The van der Waals surface area contributed by atoms with Crippen molar-refractivity contribution in [2.45, 2.75) is 19.8 Å². The summed E-state index contributed by atoms with van der Waals surface area (Å²) < 4.78 is 0.466. The summed E-state index contributed by atoms with van der Waals surface area (Å²) in [4.78, 5) is 18.1. The average Bonchev–Trinajstić information content (AvgIpc) is 2.18. The first-order chi connectivity index (χ1) is 6.74. The molecule has 0 saturated heterocycles. The minimum absolute atomic E-state index is 0.155. The molecule has 4 nitrogen and oxygen atoms in total. The van der Waals surface area contributed by atoms with Crippen LogP contribution >= 0.6 is 12.2 Å². The number of aromatic nitrogens is 2. The third-order valence-electron chi connectivity index (χ3n) is 1.71. The van der Waals surface area contributed by atoms with Gasteiger partial charge in [-0.3, -0.25) is 9.78 Å². The van der Waals surface area contributed by atoms with Crippen LogP contribution in [-0.4, -0.2) is 22.4 Å². The van der Waals surface area contributed by atoms with Crippen LogP contribution in [0.1, 0.15) is 30.3 Å². The summed E-state index contributed by atoms with van der Waals surface area (Å²) in [6.45, 7) is 2.76. The molecule has 0 aromatic carbocycles. The Hall–Kier alpha value is -1.23. The van der Waals surface area contributed by atoms with Crippen molar-refractivity contribution in [1.29, 1.82) is 0 Å². The van der Waals surface area contributed by atoms with Gasteiger partial charge in [-0.05, 0) is 6.42 Å². The summed E-state index contributed by atoms with van der Waals surface area (Å²) in [6.07, 6.45) is 5.01. The van der Waals surface area contributed by atoms with Crippen LogP contribution in [-0.2, 0) is 0 Å². The van der Waals surface area contributed by atoms with Gasteiger partial charge in [0, 0.05) is 6.54 Å². The fraction of sp³-hybridized carbons (Fsp3) is 0.444. The molecule has 0 saturated carbocycles. The van der Waals surface area contributed by atoms with Gasteiger partial charge in [0.05, 0.1) is 12.4 Å². The second kappa shape index (κ2) is 5.49. The van der Waals surface area contributed by atoms with Crippen molar-refractivity contribution in [2.24, 2.45) is 0 Å². The maximum atomic E-state index is 11.4.